The van der Waals surface area contributed by atoms with Gasteiger partial charge in [0.15, 0.2) is 5.66 Å². The summed E-state index contributed by atoms with van der Waals surface area (Å²) in [7, 11) is 0. The van der Waals surface area contributed by atoms with Gasteiger partial charge in [-0.1, -0.05) is 11.2 Å². The molecule has 34 heavy (non-hydrogen) atoms. The molecule has 0 aliphatic carbocycles. The molecule has 170 valence electrons. The molecule has 4 aromatic heterocycles. The van der Waals surface area contributed by atoms with E-state index in [2.05, 4.69) is 15.1 Å². The zero-order chi connectivity index (χ0) is 23.4. The van der Waals surface area contributed by atoms with Crippen LogP contribution in [0.3, 0.4) is 0 Å². The number of hydrogen-bond donors (Lipinski definition) is 0. The Bertz CT molecular complexity index is 1410. The molecule has 2 aliphatic heterocycles. The Morgan fingerprint density at radius 2 is 1.91 bits per heavy atom. The third-order valence-electron chi connectivity index (χ3n) is 6.80. The minimum atomic E-state index is -1.01. The van der Waals surface area contributed by atoms with Crippen molar-refractivity contribution in [2.75, 3.05) is 13.1 Å². The molecule has 0 N–H and O–H groups in total. The second-order valence-electron chi connectivity index (χ2n) is 8.71. The number of pyridine rings is 2. The topological polar surface area (TPSA) is 97.4 Å². The van der Waals surface area contributed by atoms with E-state index in [1.807, 2.05) is 48.0 Å². The van der Waals surface area contributed by atoms with Crippen molar-refractivity contribution < 1.29 is 14.1 Å². The fourth-order valence-electron chi connectivity index (χ4n) is 5.07. The standard InChI is InChI=1S/C25H22N6O3/c1-16-3-4-20(12-27-16)25-15-29-13-19(18-5-7-26-8-6-18)11-22(29)24(33)31(25)10-9-30(25)23(32)21-14-34-28-17(21)2/h3-8,11-14H,9-10,15H2,1-2H3. The third kappa shape index (κ3) is 2.83. The number of fused-ring (bicyclic) bond motifs is 2. The molecule has 2 amide bonds. The molecule has 4 aromatic rings. The Kier molecular flexibility index (Phi) is 4.41. The van der Waals surface area contributed by atoms with Gasteiger partial charge in [0.1, 0.15) is 17.5 Å². The van der Waals surface area contributed by atoms with E-state index in [-0.39, 0.29) is 11.8 Å². The van der Waals surface area contributed by atoms with Gasteiger partial charge in [0.05, 0.1) is 12.2 Å². The summed E-state index contributed by atoms with van der Waals surface area (Å²) < 4.78 is 6.99. The van der Waals surface area contributed by atoms with Gasteiger partial charge in [0, 0.05) is 54.7 Å². The Morgan fingerprint density at radius 3 is 2.62 bits per heavy atom. The van der Waals surface area contributed by atoms with Crippen LogP contribution < -0.4 is 0 Å². The first-order chi connectivity index (χ1) is 16.5. The molecule has 0 bridgehead atoms. The van der Waals surface area contributed by atoms with Gasteiger partial charge in [-0.2, -0.15) is 0 Å². The van der Waals surface area contributed by atoms with Crippen LogP contribution in [-0.4, -0.2) is 54.4 Å². The number of aromatic nitrogens is 4. The molecule has 2 aliphatic rings. The average molecular weight is 454 g/mol. The third-order valence-corrected chi connectivity index (χ3v) is 6.80. The number of carbonyl (C=O) groups excluding carboxylic acids is 2. The maximum atomic E-state index is 13.8. The Labute approximate surface area is 195 Å². The van der Waals surface area contributed by atoms with Crippen LogP contribution in [0.25, 0.3) is 11.1 Å². The molecule has 6 heterocycles. The summed E-state index contributed by atoms with van der Waals surface area (Å²) >= 11 is 0. The highest BCUT2D eigenvalue weighted by Crippen LogP contribution is 2.44. The summed E-state index contributed by atoms with van der Waals surface area (Å²) in [5, 5.41) is 3.88. The van der Waals surface area contributed by atoms with Crippen molar-refractivity contribution in [1.29, 1.82) is 0 Å². The van der Waals surface area contributed by atoms with E-state index in [9.17, 15) is 9.59 Å². The van der Waals surface area contributed by atoms with Crippen LogP contribution in [-0.2, 0) is 12.2 Å². The van der Waals surface area contributed by atoms with Gasteiger partial charge in [-0.25, -0.2) is 0 Å². The van der Waals surface area contributed by atoms with Gasteiger partial charge >= 0.3 is 0 Å². The van der Waals surface area contributed by atoms with Crippen molar-refractivity contribution in [3.63, 3.8) is 0 Å². The summed E-state index contributed by atoms with van der Waals surface area (Å²) in [5.74, 6) is -0.343. The highest BCUT2D eigenvalue weighted by atomic mass is 16.5. The average Bonchev–Trinajstić information content (AvgIpc) is 3.57. The van der Waals surface area contributed by atoms with E-state index in [4.69, 9.17) is 4.52 Å². The van der Waals surface area contributed by atoms with Gasteiger partial charge in [-0.3, -0.25) is 19.6 Å². The van der Waals surface area contributed by atoms with Gasteiger partial charge in [0.25, 0.3) is 11.8 Å². The summed E-state index contributed by atoms with van der Waals surface area (Å²) in [6.07, 6.45) is 8.56. The molecule has 9 nitrogen and oxygen atoms in total. The summed E-state index contributed by atoms with van der Waals surface area (Å²) in [6.45, 7) is 4.85. The highest BCUT2D eigenvalue weighted by Gasteiger charge is 2.56. The fourth-order valence-corrected chi connectivity index (χ4v) is 5.07. The van der Waals surface area contributed by atoms with Crippen LogP contribution in [0.4, 0.5) is 0 Å². The smallest absolute Gasteiger partial charge is 0.272 e. The molecule has 9 heteroatoms. The second kappa shape index (κ2) is 7.38. The number of rotatable bonds is 3. The number of aryl methyl sites for hydroxylation is 2. The molecular weight excluding hydrogens is 432 g/mol. The minimum absolute atomic E-state index is 0.121. The number of amides is 2. The predicted molar refractivity (Wildman–Crippen MR) is 122 cm³/mol. The van der Waals surface area contributed by atoms with Crippen molar-refractivity contribution >= 4 is 11.8 Å². The van der Waals surface area contributed by atoms with Crippen LogP contribution in [0.5, 0.6) is 0 Å². The van der Waals surface area contributed by atoms with Crippen LogP contribution in [0.1, 0.15) is 37.8 Å². The van der Waals surface area contributed by atoms with Crippen LogP contribution in [0, 0.1) is 13.8 Å². The Hall–Kier alpha value is -4.27. The molecule has 0 radical (unpaired) electrons. The SMILES string of the molecule is Cc1ccc(C23Cn4cc(-c5ccncc5)cc4C(=O)N2CCN3C(=O)c2conc2C)cn1. The predicted octanol–water partition coefficient (Wildman–Crippen LogP) is 3.01. The van der Waals surface area contributed by atoms with Gasteiger partial charge < -0.3 is 18.9 Å². The molecule has 1 unspecified atom stereocenters. The maximum Gasteiger partial charge on any atom is 0.272 e. The van der Waals surface area contributed by atoms with Crippen molar-refractivity contribution in [3.8, 4) is 11.1 Å². The maximum absolute atomic E-state index is 13.8. The lowest BCUT2D eigenvalue weighted by molar-refractivity contribution is -0.00613. The number of hydrogen-bond acceptors (Lipinski definition) is 6. The van der Waals surface area contributed by atoms with Gasteiger partial charge in [-0.05, 0) is 43.7 Å². The second-order valence-corrected chi connectivity index (χ2v) is 8.71. The van der Waals surface area contributed by atoms with Crippen LogP contribution in [0.15, 0.2) is 65.9 Å². The number of nitrogens with zero attached hydrogens (tertiary/aromatic N) is 6. The molecule has 0 saturated carbocycles. The summed E-state index contributed by atoms with van der Waals surface area (Å²) in [4.78, 5) is 39.7. The van der Waals surface area contributed by atoms with E-state index < -0.39 is 5.66 Å². The van der Waals surface area contributed by atoms with E-state index in [0.717, 1.165) is 22.4 Å². The Balaban J connectivity index is 1.52. The van der Waals surface area contributed by atoms with Gasteiger partial charge in [-0.15, -0.1) is 0 Å². The van der Waals surface area contributed by atoms with E-state index in [1.54, 1.807) is 35.3 Å². The lowest BCUT2D eigenvalue weighted by atomic mass is 9.94. The van der Waals surface area contributed by atoms with Crippen molar-refractivity contribution in [2.45, 2.75) is 26.1 Å². The quantitative estimate of drug-likeness (QED) is 0.472. The lowest BCUT2D eigenvalue weighted by Crippen LogP contribution is -2.60. The largest absolute Gasteiger partial charge is 0.364 e. The normalized spacial score (nSPS) is 19.3. The highest BCUT2D eigenvalue weighted by molar-refractivity contribution is 5.99. The molecular formula is C25H22N6O3. The van der Waals surface area contributed by atoms with Gasteiger partial charge in [0.2, 0.25) is 0 Å². The fraction of sp³-hybridized carbons (Fsp3) is 0.240. The van der Waals surface area contributed by atoms with Crippen LogP contribution >= 0.6 is 0 Å². The van der Waals surface area contributed by atoms with Crippen molar-refractivity contribution in [3.05, 3.63) is 89.6 Å². The van der Waals surface area contributed by atoms with E-state index >= 15 is 0 Å². The molecule has 1 atom stereocenters. The zero-order valence-corrected chi connectivity index (χ0v) is 18.8. The summed E-state index contributed by atoms with van der Waals surface area (Å²) in [5.41, 5.74) is 4.05. The van der Waals surface area contributed by atoms with Crippen molar-refractivity contribution in [2.24, 2.45) is 0 Å². The number of carbonyl (C=O) groups is 2. The molecule has 6 rings (SSSR count). The molecule has 0 aromatic carbocycles. The minimum Gasteiger partial charge on any atom is -0.364 e. The molecule has 0 spiro atoms. The zero-order valence-electron chi connectivity index (χ0n) is 18.8. The first-order valence-electron chi connectivity index (χ1n) is 11.1. The Morgan fingerprint density at radius 1 is 1.09 bits per heavy atom. The van der Waals surface area contributed by atoms with E-state index in [1.165, 1.54) is 6.26 Å². The molecule has 1 saturated heterocycles. The van der Waals surface area contributed by atoms with E-state index in [0.29, 0.717) is 36.6 Å². The monoisotopic (exact) mass is 454 g/mol. The first-order valence-corrected chi connectivity index (χ1v) is 11.1. The summed E-state index contributed by atoms with van der Waals surface area (Å²) in [6, 6.07) is 9.59. The molecule has 1 fully saturated rings. The lowest BCUT2D eigenvalue weighted by Gasteiger charge is -2.47. The van der Waals surface area contributed by atoms with Crippen LogP contribution in [0.2, 0.25) is 0 Å². The first kappa shape index (κ1) is 20.3. The van der Waals surface area contributed by atoms with Crippen molar-refractivity contribution in [1.82, 2.24) is 29.5 Å².